The van der Waals surface area contributed by atoms with Gasteiger partial charge in [0, 0.05) is 0 Å². The van der Waals surface area contributed by atoms with Crippen molar-refractivity contribution < 1.29 is 4.74 Å². The monoisotopic (exact) mass is 504 g/mol. The molecule has 196 valence electrons. The second-order valence-electron chi connectivity index (χ2n) is 10.2. The molecule has 0 saturated heterocycles. The smallest absolute Gasteiger partial charge is 0.119 e. The Morgan fingerprint density at radius 1 is 0.632 bits per heavy atom. The second kappa shape index (κ2) is 14.3. The summed E-state index contributed by atoms with van der Waals surface area (Å²) in [6.45, 7) is 7.37. The van der Waals surface area contributed by atoms with Crippen LogP contribution in [0.4, 0.5) is 11.4 Å². The largest absolute Gasteiger partial charge is 0.494 e. The van der Waals surface area contributed by atoms with Crippen LogP contribution >= 0.6 is 0 Å². The molecule has 0 radical (unpaired) electrons. The first-order valence-corrected chi connectivity index (χ1v) is 14.0. The average molecular weight is 505 g/mol. The van der Waals surface area contributed by atoms with Crippen molar-refractivity contribution in [1.29, 1.82) is 0 Å². The lowest BCUT2D eigenvalue weighted by Gasteiger charge is -2.13. The van der Waals surface area contributed by atoms with Crippen molar-refractivity contribution in [2.45, 2.75) is 65.2 Å². The third-order valence-corrected chi connectivity index (χ3v) is 7.13. The van der Waals surface area contributed by atoms with E-state index in [0.29, 0.717) is 5.92 Å². The summed E-state index contributed by atoms with van der Waals surface area (Å²) in [6.07, 6.45) is 7.03. The summed E-state index contributed by atoms with van der Waals surface area (Å²) >= 11 is 0. The maximum absolute atomic E-state index is 5.93. The molecular weight excluding hydrogens is 464 g/mol. The predicted octanol–water partition coefficient (Wildman–Crippen LogP) is 10.8. The Balaban J connectivity index is 1.10. The molecule has 0 aromatic heterocycles. The normalized spacial score (nSPS) is 12.1. The molecule has 1 atom stereocenters. The highest BCUT2D eigenvalue weighted by Gasteiger charge is 2.06. The number of ether oxygens (including phenoxy) is 1. The molecule has 0 aliphatic heterocycles. The SMILES string of the molecule is CCc1ccc(N=Nc2ccc(OCCCCCCC(C)c3ccc(-c4ccc(C)cc4)cc3)cc2)cc1. The fourth-order valence-corrected chi connectivity index (χ4v) is 4.54. The quantitative estimate of drug-likeness (QED) is 0.132. The van der Waals surface area contributed by atoms with Crippen LogP contribution in [0.5, 0.6) is 5.75 Å². The van der Waals surface area contributed by atoms with Crippen molar-refractivity contribution in [2.24, 2.45) is 10.2 Å². The summed E-state index contributed by atoms with van der Waals surface area (Å²) < 4.78 is 5.93. The van der Waals surface area contributed by atoms with Crippen molar-refractivity contribution in [2.75, 3.05) is 6.61 Å². The first-order valence-electron chi connectivity index (χ1n) is 14.0. The van der Waals surface area contributed by atoms with Crippen LogP contribution in [0.3, 0.4) is 0 Å². The van der Waals surface area contributed by atoms with E-state index in [1.807, 2.05) is 36.4 Å². The summed E-state index contributed by atoms with van der Waals surface area (Å²) in [7, 11) is 0. The molecule has 0 heterocycles. The van der Waals surface area contributed by atoms with Gasteiger partial charge < -0.3 is 4.74 Å². The Morgan fingerprint density at radius 2 is 1.18 bits per heavy atom. The van der Waals surface area contributed by atoms with E-state index in [4.69, 9.17) is 4.74 Å². The van der Waals surface area contributed by atoms with Crippen LogP contribution in [0.15, 0.2) is 107 Å². The lowest BCUT2D eigenvalue weighted by molar-refractivity contribution is 0.304. The van der Waals surface area contributed by atoms with Crippen LogP contribution in [0.25, 0.3) is 11.1 Å². The van der Waals surface area contributed by atoms with Gasteiger partial charge in [-0.1, -0.05) is 99.3 Å². The van der Waals surface area contributed by atoms with Gasteiger partial charge in [-0.2, -0.15) is 10.2 Å². The van der Waals surface area contributed by atoms with Crippen LogP contribution in [0.1, 0.15) is 68.6 Å². The van der Waals surface area contributed by atoms with E-state index in [1.165, 1.54) is 53.5 Å². The topological polar surface area (TPSA) is 34.0 Å². The Labute approximate surface area is 228 Å². The molecule has 0 aliphatic carbocycles. The minimum absolute atomic E-state index is 0.588. The van der Waals surface area contributed by atoms with Gasteiger partial charge in [-0.25, -0.2) is 0 Å². The fraction of sp³-hybridized carbons (Fsp3) is 0.314. The minimum Gasteiger partial charge on any atom is -0.494 e. The lowest BCUT2D eigenvalue weighted by atomic mass is 9.93. The molecule has 0 bridgehead atoms. The first-order chi connectivity index (χ1) is 18.6. The Kier molecular flexibility index (Phi) is 10.3. The average Bonchev–Trinajstić information content (AvgIpc) is 2.97. The third kappa shape index (κ3) is 8.41. The third-order valence-electron chi connectivity index (χ3n) is 7.13. The Hall–Kier alpha value is -3.72. The van der Waals surface area contributed by atoms with E-state index in [9.17, 15) is 0 Å². The highest BCUT2D eigenvalue weighted by atomic mass is 16.5. The van der Waals surface area contributed by atoms with Crippen LogP contribution < -0.4 is 4.74 Å². The Morgan fingerprint density at radius 3 is 1.79 bits per heavy atom. The van der Waals surface area contributed by atoms with Crippen molar-refractivity contribution in [3.8, 4) is 16.9 Å². The maximum Gasteiger partial charge on any atom is 0.119 e. The van der Waals surface area contributed by atoms with Crippen LogP contribution in [-0.2, 0) is 6.42 Å². The fourth-order valence-electron chi connectivity index (χ4n) is 4.54. The van der Waals surface area contributed by atoms with Gasteiger partial charge in [0.1, 0.15) is 5.75 Å². The molecular formula is C35H40N2O. The molecule has 3 nitrogen and oxygen atoms in total. The van der Waals surface area contributed by atoms with Gasteiger partial charge >= 0.3 is 0 Å². The molecule has 3 heteroatoms. The number of nitrogens with zero attached hydrogens (tertiary/aromatic N) is 2. The predicted molar refractivity (Wildman–Crippen MR) is 160 cm³/mol. The minimum atomic E-state index is 0.588. The van der Waals surface area contributed by atoms with E-state index in [0.717, 1.165) is 36.6 Å². The van der Waals surface area contributed by atoms with Gasteiger partial charge in [-0.3, -0.25) is 0 Å². The van der Waals surface area contributed by atoms with Gasteiger partial charge in [0.05, 0.1) is 18.0 Å². The van der Waals surface area contributed by atoms with Crippen LogP contribution in [-0.4, -0.2) is 6.61 Å². The van der Waals surface area contributed by atoms with Crippen LogP contribution in [0.2, 0.25) is 0 Å². The van der Waals surface area contributed by atoms with E-state index < -0.39 is 0 Å². The maximum atomic E-state index is 5.93. The molecule has 0 amide bonds. The number of hydrogen-bond donors (Lipinski definition) is 0. The molecule has 4 aromatic carbocycles. The molecule has 38 heavy (non-hydrogen) atoms. The summed E-state index contributed by atoms with van der Waals surface area (Å²) in [6, 6.07) is 33.9. The van der Waals surface area contributed by atoms with Gasteiger partial charge in [0.15, 0.2) is 0 Å². The number of unbranched alkanes of at least 4 members (excludes halogenated alkanes) is 3. The summed E-state index contributed by atoms with van der Waals surface area (Å²) in [5.74, 6) is 1.48. The van der Waals surface area contributed by atoms with Crippen molar-refractivity contribution in [1.82, 2.24) is 0 Å². The lowest BCUT2D eigenvalue weighted by Crippen LogP contribution is -1.98. The molecule has 0 N–H and O–H groups in total. The van der Waals surface area contributed by atoms with E-state index in [2.05, 4.69) is 91.7 Å². The first kappa shape index (κ1) is 27.3. The van der Waals surface area contributed by atoms with Crippen LogP contribution in [0, 0.1) is 6.92 Å². The zero-order chi connectivity index (χ0) is 26.6. The van der Waals surface area contributed by atoms with Gasteiger partial charge in [-0.15, -0.1) is 0 Å². The highest BCUT2D eigenvalue weighted by Crippen LogP contribution is 2.26. The molecule has 4 aromatic rings. The van der Waals surface area contributed by atoms with Crippen molar-refractivity contribution in [3.05, 3.63) is 114 Å². The number of aryl methyl sites for hydroxylation is 2. The summed E-state index contributed by atoms with van der Waals surface area (Å²) in [4.78, 5) is 0. The Bertz CT molecular complexity index is 1260. The van der Waals surface area contributed by atoms with Gasteiger partial charge in [-0.05, 0) is 90.8 Å². The summed E-state index contributed by atoms with van der Waals surface area (Å²) in [5, 5.41) is 8.65. The molecule has 0 spiro atoms. The van der Waals surface area contributed by atoms with Crippen molar-refractivity contribution in [3.63, 3.8) is 0 Å². The van der Waals surface area contributed by atoms with E-state index in [-0.39, 0.29) is 0 Å². The van der Waals surface area contributed by atoms with Gasteiger partial charge in [0.2, 0.25) is 0 Å². The van der Waals surface area contributed by atoms with Gasteiger partial charge in [0.25, 0.3) is 0 Å². The van der Waals surface area contributed by atoms with Crippen molar-refractivity contribution >= 4 is 11.4 Å². The summed E-state index contributed by atoms with van der Waals surface area (Å²) in [5.41, 5.74) is 8.31. The zero-order valence-electron chi connectivity index (χ0n) is 23.1. The number of rotatable bonds is 13. The molecule has 0 aliphatic rings. The molecule has 0 saturated carbocycles. The molecule has 4 rings (SSSR count). The van der Waals surface area contributed by atoms with E-state index >= 15 is 0 Å². The number of benzene rings is 4. The highest BCUT2D eigenvalue weighted by molar-refractivity contribution is 5.64. The number of hydrogen-bond acceptors (Lipinski definition) is 3. The number of azo groups is 1. The second-order valence-corrected chi connectivity index (χ2v) is 10.2. The molecule has 0 fully saturated rings. The zero-order valence-corrected chi connectivity index (χ0v) is 23.1. The molecule has 1 unspecified atom stereocenters. The standard InChI is InChI=1S/C35H40N2O/c1-4-29-12-20-33(21-13-29)36-37-34-22-24-35(25-23-34)38-26-8-6-5-7-9-28(3)30-16-18-32(19-17-30)31-14-10-27(2)11-15-31/h10-25,28H,4-9,26H2,1-3H3. The van der Waals surface area contributed by atoms with E-state index in [1.54, 1.807) is 0 Å².